The van der Waals surface area contributed by atoms with Crippen LogP contribution in [0.5, 0.6) is 0 Å². The summed E-state index contributed by atoms with van der Waals surface area (Å²) in [5.41, 5.74) is 0. The Morgan fingerprint density at radius 2 is 1.65 bits per heavy atom. The lowest BCUT2D eigenvalue weighted by Crippen LogP contribution is -2.41. The van der Waals surface area contributed by atoms with Crippen molar-refractivity contribution in [2.75, 3.05) is 19.6 Å². The summed E-state index contributed by atoms with van der Waals surface area (Å²) >= 11 is 0. The Balaban J connectivity index is 1.62. The van der Waals surface area contributed by atoms with E-state index in [9.17, 15) is 9.59 Å². The maximum atomic E-state index is 11.8. The van der Waals surface area contributed by atoms with Crippen LogP contribution >= 0.6 is 0 Å². The molecule has 4 nitrogen and oxygen atoms in total. The molecule has 0 aliphatic carbocycles. The van der Waals surface area contributed by atoms with Gasteiger partial charge in [0.1, 0.15) is 0 Å². The van der Waals surface area contributed by atoms with Gasteiger partial charge in [-0.2, -0.15) is 0 Å². The lowest BCUT2D eigenvalue weighted by molar-refractivity contribution is -0.135. The normalized spacial score (nSPS) is 22.2. The van der Waals surface area contributed by atoms with Crippen LogP contribution in [-0.4, -0.2) is 47.3 Å². The highest BCUT2D eigenvalue weighted by Crippen LogP contribution is 2.18. The van der Waals surface area contributed by atoms with Gasteiger partial charge in [-0.1, -0.05) is 0 Å². The summed E-state index contributed by atoms with van der Waals surface area (Å²) in [5.74, 6) is 0.658. The lowest BCUT2D eigenvalue weighted by atomic mass is 10.0. The predicted octanol–water partition coefficient (Wildman–Crippen LogP) is 2.57. The zero-order valence-electron chi connectivity index (χ0n) is 12.8. The minimum atomic E-state index is 0.329. The van der Waals surface area contributed by atoms with E-state index in [1.165, 1.54) is 0 Å². The Kier molecular flexibility index (Phi) is 5.86. The van der Waals surface area contributed by atoms with E-state index in [4.69, 9.17) is 0 Å². The fourth-order valence-electron chi connectivity index (χ4n) is 3.29. The summed E-state index contributed by atoms with van der Waals surface area (Å²) < 4.78 is 0. The molecule has 0 aromatic heterocycles. The first kappa shape index (κ1) is 15.3. The minimum Gasteiger partial charge on any atom is -0.343 e. The topological polar surface area (TPSA) is 40.6 Å². The van der Waals surface area contributed by atoms with E-state index in [0.29, 0.717) is 17.9 Å². The highest BCUT2D eigenvalue weighted by atomic mass is 16.2. The molecule has 0 aromatic carbocycles. The Bertz CT molecular complexity index is 343. The molecule has 2 amide bonds. The number of hydrogen-bond acceptors (Lipinski definition) is 2. The summed E-state index contributed by atoms with van der Waals surface area (Å²) in [4.78, 5) is 27.6. The minimum absolute atomic E-state index is 0.329. The molecule has 114 valence electrons. The zero-order valence-corrected chi connectivity index (χ0v) is 12.8. The van der Waals surface area contributed by atoms with Crippen molar-refractivity contribution >= 4 is 11.8 Å². The van der Waals surface area contributed by atoms with Gasteiger partial charge >= 0.3 is 0 Å². The molecule has 0 radical (unpaired) electrons. The smallest absolute Gasteiger partial charge is 0.222 e. The van der Waals surface area contributed by atoms with Gasteiger partial charge in [0.05, 0.1) is 0 Å². The van der Waals surface area contributed by atoms with Crippen LogP contribution in [0.2, 0.25) is 0 Å². The molecular formula is C16H28N2O2. The number of nitrogens with zero attached hydrogens (tertiary/aromatic N) is 2. The number of hydrogen-bond donors (Lipinski definition) is 0. The van der Waals surface area contributed by atoms with Crippen molar-refractivity contribution in [3.8, 4) is 0 Å². The van der Waals surface area contributed by atoms with Crippen molar-refractivity contribution in [3.63, 3.8) is 0 Å². The Labute approximate surface area is 122 Å². The van der Waals surface area contributed by atoms with E-state index in [1.807, 2.05) is 4.90 Å². The van der Waals surface area contributed by atoms with E-state index < -0.39 is 0 Å². The van der Waals surface area contributed by atoms with Gasteiger partial charge in [0.2, 0.25) is 11.8 Å². The standard InChI is InChI=1S/C16H28N2O2/c1-14(18-13-7-4-10-16(18)20)8-2-5-11-17-12-6-3-9-15(17)19/h14H,2-13H2,1H3. The van der Waals surface area contributed by atoms with Crippen LogP contribution in [0.1, 0.15) is 64.7 Å². The average Bonchev–Trinajstić information content (AvgIpc) is 2.45. The van der Waals surface area contributed by atoms with Crippen LogP contribution < -0.4 is 0 Å². The van der Waals surface area contributed by atoms with Crippen LogP contribution in [0, 0.1) is 0 Å². The van der Waals surface area contributed by atoms with Gasteiger partial charge in [0.15, 0.2) is 0 Å². The molecule has 2 rings (SSSR count). The lowest BCUT2D eigenvalue weighted by Gasteiger charge is -2.33. The second-order valence-electron chi connectivity index (χ2n) is 6.23. The largest absolute Gasteiger partial charge is 0.343 e. The molecule has 2 heterocycles. The van der Waals surface area contributed by atoms with E-state index >= 15 is 0 Å². The fraction of sp³-hybridized carbons (Fsp3) is 0.875. The maximum absolute atomic E-state index is 11.8. The molecule has 0 N–H and O–H groups in total. The molecule has 0 aromatic rings. The number of piperidine rings is 2. The van der Waals surface area contributed by atoms with Gasteiger partial charge in [-0.15, -0.1) is 0 Å². The number of unbranched alkanes of at least 4 members (excludes halogenated alkanes) is 1. The summed E-state index contributed by atoms with van der Waals surface area (Å²) in [7, 11) is 0. The molecule has 0 spiro atoms. The van der Waals surface area contributed by atoms with E-state index in [2.05, 4.69) is 11.8 Å². The molecular weight excluding hydrogens is 252 g/mol. The first-order valence-corrected chi connectivity index (χ1v) is 8.26. The van der Waals surface area contributed by atoms with Crippen LogP contribution in [0.3, 0.4) is 0 Å². The van der Waals surface area contributed by atoms with Crippen molar-refractivity contribution in [1.82, 2.24) is 9.80 Å². The first-order valence-electron chi connectivity index (χ1n) is 8.26. The monoisotopic (exact) mass is 280 g/mol. The summed E-state index contributed by atoms with van der Waals surface area (Å²) in [5, 5.41) is 0. The molecule has 1 unspecified atom stereocenters. The van der Waals surface area contributed by atoms with Gasteiger partial charge in [-0.05, 0) is 51.9 Å². The van der Waals surface area contributed by atoms with Gasteiger partial charge in [0, 0.05) is 38.5 Å². The zero-order chi connectivity index (χ0) is 14.4. The number of rotatable bonds is 6. The molecule has 2 saturated heterocycles. The van der Waals surface area contributed by atoms with E-state index in [1.54, 1.807) is 0 Å². The molecule has 0 saturated carbocycles. The Hall–Kier alpha value is -1.06. The van der Waals surface area contributed by atoms with Crippen LogP contribution in [0.4, 0.5) is 0 Å². The maximum Gasteiger partial charge on any atom is 0.222 e. The van der Waals surface area contributed by atoms with Crippen molar-refractivity contribution in [1.29, 1.82) is 0 Å². The van der Waals surface area contributed by atoms with Crippen molar-refractivity contribution in [2.24, 2.45) is 0 Å². The third-order valence-electron chi connectivity index (χ3n) is 4.61. The molecule has 2 aliphatic heterocycles. The highest BCUT2D eigenvalue weighted by Gasteiger charge is 2.23. The average molecular weight is 280 g/mol. The van der Waals surface area contributed by atoms with Crippen LogP contribution in [0.25, 0.3) is 0 Å². The van der Waals surface area contributed by atoms with E-state index in [0.717, 1.165) is 77.4 Å². The number of likely N-dealkylation sites (tertiary alicyclic amines) is 2. The van der Waals surface area contributed by atoms with Gasteiger partial charge < -0.3 is 9.80 Å². The first-order chi connectivity index (χ1) is 9.68. The van der Waals surface area contributed by atoms with Crippen LogP contribution in [-0.2, 0) is 9.59 Å². The quantitative estimate of drug-likeness (QED) is 0.702. The summed E-state index contributed by atoms with van der Waals surface area (Å²) in [6.07, 6.45) is 9.12. The SMILES string of the molecule is CC(CCCCN1CCCCC1=O)N1CCCCC1=O. The van der Waals surface area contributed by atoms with Crippen molar-refractivity contribution in [3.05, 3.63) is 0 Å². The molecule has 2 aliphatic rings. The van der Waals surface area contributed by atoms with Crippen molar-refractivity contribution < 1.29 is 9.59 Å². The summed E-state index contributed by atoms with van der Waals surface area (Å²) in [6.45, 7) is 4.94. The number of carbonyl (C=O) groups excluding carboxylic acids is 2. The van der Waals surface area contributed by atoms with Crippen LogP contribution in [0.15, 0.2) is 0 Å². The Morgan fingerprint density at radius 1 is 0.950 bits per heavy atom. The number of carbonyl (C=O) groups is 2. The molecule has 4 heteroatoms. The molecule has 2 fully saturated rings. The predicted molar refractivity (Wildman–Crippen MR) is 79.3 cm³/mol. The Morgan fingerprint density at radius 3 is 2.35 bits per heavy atom. The highest BCUT2D eigenvalue weighted by molar-refractivity contribution is 5.77. The third-order valence-corrected chi connectivity index (χ3v) is 4.61. The van der Waals surface area contributed by atoms with Gasteiger partial charge in [0.25, 0.3) is 0 Å². The second-order valence-corrected chi connectivity index (χ2v) is 6.23. The molecule has 20 heavy (non-hydrogen) atoms. The molecule has 1 atom stereocenters. The van der Waals surface area contributed by atoms with Gasteiger partial charge in [-0.3, -0.25) is 9.59 Å². The summed E-state index contributed by atoms with van der Waals surface area (Å²) in [6, 6.07) is 0.361. The third kappa shape index (κ3) is 4.22. The second kappa shape index (κ2) is 7.65. The van der Waals surface area contributed by atoms with Gasteiger partial charge in [-0.25, -0.2) is 0 Å². The van der Waals surface area contributed by atoms with E-state index in [-0.39, 0.29) is 0 Å². The number of amides is 2. The fourth-order valence-corrected chi connectivity index (χ4v) is 3.29. The van der Waals surface area contributed by atoms with Crippen molar-refractivity contribution in [2.45, 2.75) is 70.8 Å². The molecule has 0 bridgehead atoms.